The number of hydrazine groups is 1. The number of ether oxygens (including phenoxy) is 2. The van der Waals surface area contributed by atoms with E-state index in [1.807, 2.05) is 0 Å². The molecule has 4 saturated carbocycles. The maximum atomic E-state index is 13.0. The number of rotatable bonds is 2. The average molecular weight is 435 g/mol. The molecule has 0 radical (unpaired) electrons. The van der Waals surface area contributed by atoms with Crippen LogP contribution in [-0.4, -0.2) is 29.4 Å². The minimum atomic E-state index is -0.354. The zero-order valence-corrected chi connectivity index (χ0v) is 16.6. The Hall–Kier alpha value is -1.76. The molecule has 2 N–H and O–H groups in total. The van der Waals surface area contributed by atoms with Gasteiger partial charge in [0, 0.05) is 9.89 Å². The summed E-state index contributed by atoms with van der Waals surface area (Å²) in [5.74, 6) is 2.03. The molecule has 5 aliphatic rings. The first kappa shape index (κ1) is 17.3. The molecule has 2 unspecified atom stereocenters. The number of amides is 2. The van der Waals surface area contributed by atoms with E-state index in [2.05, 4.69) is 26.8 Å². The van der Waals surface area contributed by atoms with E-state index >= 15 is 0 Å². The van der Waals surface area contributed by atoms with Crippen LogP contribution < -0.4 is 20.3 Å². The number of nitrogens with one attached hydrogen (secondary N) is 2. The van der Waals surface area contributed by atoms with Gasteiger partial charge in [0.25, 0.3) is 5.91 Å². The van der Waals surface area contributed by atoms with Gasteiger partial charge in [0.05, 0.1) is 5.41 Å². The summed E-state index contributed by atoms with van der Waals surface area (Å²) in [4.78, 5) is 25.5. The van der Waals surface area contributed by atoms with Gasteiger partial charge in [-0.2, -0.15) is 0 Å². The van der Waals surface area contributed by atoms with E-state index in [4.69, 9.17) is 9.47 Å². The van der Waals surface area contributed by atoms with Crippen molar-refractivity contribution in [3.05, 3.63) is 23.8 Å². The number of hydrogen-bond donors (Lipinski definition) is 2. The highest BCUT2D eigenvalue weighted by Gasteiger charge is 2.59. The van der Waals surface area contributed by atoms with E-state index in [1.165, 1.54) is 19.3 Å². The smallest absolute Gasteiger partial charge is 0.269 e. The first-order valence-electron chi connectivity index (χ1n) is 9.64. The summed E-state index contributed by atoms with van der Waals surface area (Å²) in [7, 11) is 0. The Bertz CT molecular complexity index is 797. The lowest BCUT2D eigenvalue weighted by Crippen LogP contribution is -2.60. The Morgan fingerprint density at radius 2 is 1.70 bits per heavy atom. The fraction of sp³-hybridized carbons (Fsp3) is 0.600. The minimum Gasteiger partial charge on any atom is -0.486 e. The highest BCUT2D eigenvalue weighted by atomic mass is 79.9. The van der Waals surface area contributed by atoms with Crippen molar-refractivity contribution in [3.63, 3.8) is 0 Å². The van der Waals surface area contributed by atoms with Crippen LogP contribution in [0.15, 0.2) is 18.2 Å². The van der Waals surface area contributed by atoms with Gasteiger partial charge in [0.2, 0.25) is 5.91 Å². The van der Waals surface area contributed by atoms with Gasteiger partial charge < -0.3 is 9.47 Å². The van der Waals surface area contributed by atoms with E-state index in [-0.39, 0.29) is 21.6 Å². The molecule has 6 rings (SSSR count). The van der Waals surface area contributed by atoms with Gasteiger partial charge in [-0.15, -0.1) is 0 Å². The van der Waals surface area contributed by atoms with Gasteiger partial charge in [0.15, 0.2) is 11.5 Å². The molecule has 4 aliphatic carbocycles. The van der Waals surface area contributed by atoms with Gasteiger partial charge in [-0.25, -0.2) is 0 Å². The van der Waals surface area contributed by atoms with Gasteiger partial charge in [-0.05, 0) is 68.6 Å². The van der Waals surface area contributed by atoms with Crippen LogP contribution in [0.2, 0.25) is 0 Å². The number of hydrogen-bond acceptors (Lipinski definition) is 4. The second kappa shape index (κ2) is 6.12. The fourth-order valence-electron chi connectivity index (χ4n) is 5.92. The van der Waals surface area contributed by atoms with Crippen LogP contribution in [0.3, 0.4) is 0 Å². The molecule has 0 spiro atoms. The van der Waals surface area contributed by atoms with Crippen molar-refractivity contribution < 1.29 is 19.1 Å². The average Bonchev–Trinajstić information content (AvgIpc) is 2.63. The third-order valence-corrected chi connectivity index (χ3v) is 7.49. The number of halogens is 1. The van der Waals surface area contributed by atoms with Gasteiger partial charge in [-0.3, -0.25) is 20.4 Å². The Morgan fingerprint density at radius 1 is 1.00 bits per heavy atom. The molecule has 2 atom stereocenters. The van der Waals surface area contributed by atoms with Crippen LogP contribution in [0.1, 0.15) is 48.9 Å². The summed E-state index contributed by atoms with van der Waals surface area (Å²) in [5, 5.41) is 0. The van der Waals surface area contributed by atoms with Crippen molar-refractivity contribution in [3.8, 4) is 11.5 Å². The SMILES string of the molecule is O=C(NNC(=O)C12CC3CC(CC(Br)(C3)C1)C2)c1ccc2c(c1)OCCO2. The molecule has 144 valence electrons. The molecule has 4 bridgehead atoms. The molecule has 6 nitrogen and oxygen atoms in total. The first-order valence-corrected chi connectivity index (χ1v) is 10.4. The van der Waals surface area contributed by atoms with Gasteiger partial charge >= 0.3 is 0 Å². The van der Waals surface area contributed by atoms with Crippen molar-refractivity contribution in [1.82, 2.24) is 10.9 Å². The van der Waals surface area contributed by atoms with Crippen LogP contribution in [-0.2, 0) is 4.79 Å². The molecule has 1 aromatic rings. The van der Waals surface area contributed by atoms with Gasteiger partial charge in [0.1, 0.15) is 13.2 Å². The topological polar surface area (TPSA) is 76.7 Å². The monoisotopic (exact) mass is 434 g/mol. The molecular formula is C20H23BrN2O4. The molecule has 7 heteroatoms. The van der Waals surface area contributed by atoms with Crippen LogP contribution in [0.25, 0.3) is 0 Å². The van der Waals surface area contributed by atoms with Crippen molar-refractivity contribution in [2.24, 2.45) is 17.3 Å². The number of carbonyl (C=O) groups is 2. The van der Waals surface area contributed by atoms with E-state index in [9.17, 15) is 9.59 Å². The van der Waals surface area contributed by atoms with Crippen molar-refractivity contribution in [2.75, 3.05) is 13.2 Å². The molecular weight excluding hydrogens is 412 g/mol. The number of alkyl halides is 1. The molecule has 1 aliphatic heterocycles. The summed E-state index contributed by atoms with van der Waals surface area (Å²) < 4.78 is 11.1. The highest BCUT2D eigenvalue weighted by Crippen LogP contribution is 2.64. The zero-order valence-electron chi connectivity index (χ0n) is 15.1. The first-order chi connectivity index (χ1) is 12.9. The van der Waals surface area contributed by atoms with Crippen LogP contribution in [0.4, 0.5) is 0 Å². The summed E-state index contributed by atoms with van der Waals surface area (Å²) >= 11 is 3.92. The second-order valence-electron chi connectivity index (χ2n) is 8.66. The second-order valence-corrected chi connectivity index (χ2v) is 10.3. The third-order valence-electron chi connectivity index (χ3n) is 6.57. The molecule has 4 fully saturated rings. The largest absolute Gasteiger partial charge is 0.486 e. The lowest BCUT2D eigenvalue weighted by atomic mass is 9.49. The van der Waals surface area contributed by atoms with Crippen molar-refractivity contribution >= 4 is 27.7 Å². The van der Waals surface area contributed by atoms with Crippen LogP contribution >= 0.6 is 15.9 Å². The lowest BCUT2D eigenvalue weighted by molar-refractivity contribution is -0.144. The fourth-order valence-corrected chi connectivity index (χ4v) is 7.37. The van der Waals surface area contributed by atoms with Gasteiger partial charge in [-0.1, -0.05) is 15.9 Å². The van der Waals surface area contributed by atoms with E-state index < -0.39 is 0 Å². The third kappa shape index (κ3) is 3.00. The predicted molar refractivity (Wildman–Crippen MR) is 102 cm³/mol. The summed E-state index contributed by atoms with van der Waals surface area (Å²) in [5.41, 5.74) is 5.38. The van der Waals surface area contributed by atoms with Crippen LogP contribution in [0.5, 0.6) is 11.5 Å². The molecule has 1 aromatic carbocycles. The standard InChI is InChI=1S/C20H23BrN2O4/c21-20-9-12-5-13(10-20)8-19(7-12,11-20)18(25)23-22-17(24)14-1-2-15-16(6-14)27-4-3-26-15/h1-2,6,12-13H,3-5,7-11H2,(H,22,24)(H,23,25). The summed E-state index contributed by atoms with van der Waals surface area (Å²) in [6, 6.07) is 5.04. The molecule has 0 saturated heterocycles. The van der Waals surface area contributed by atoms with E-state index in [0.717, 1.165) is 19.3 Å². The van der Waals surface area contributed by atoms with Crippen molar-refractivity contribution in [1.29, 1.82) is 0 Å². The molecule has 1 heterocycles. The summed E-state index contributed by atoms with van der Waals surface area (Å²) in [6.07, 6.45) is 6.31. The number of carbonyl (C=O) groups excluding carboxylic acids is 2. The van der Waals surface area contributed by atoms with E-state index in [0.29, 0.717) is 42.1 Å². The quantitative estimate of drug-likeness (QED) is 0.553. The highest BCUT2D eigenvalue weighted by molar-refractivity contribution is 9.10. The Labute approximate surface area is 166 Å². The zero-order chi connectivity index (χ0) is 18.6. The predicted octanol–water partition coefficient (Wildman–Crippen LogP) is 2.95. The van der Waals surface area contributed by atoms with Crippen molar-refractivity contribution in [2.45, 2.75) is 42.8 Å². The Kier molecular flexibility index (Phi) is 3.93. The minimum absolute atomic E-state index is 0.0497. The van der Waals surface area contributed by atoms with E-state index in [1.54, 1.807) is 18.2 Å². The normalized spacial score (nSPS) is 35.6. The molecule has 27 heavy (non-hydrogen) atoms. The van der Waals surface area contributed by atoms with Crippen LogP contribution in [0, 0.1) is 17.3 Å². The molecule has 0 aromatic heterocycles. The maximum Gasteiger partial charge on any atom is 0.269 e. The lowest BCUT2D eigenvalue weighted by Gasteiger charge is -2.59. The number of fused-ring (bicyclic) bond motifs is 1. The number of benzene rings is 1. The maximum absolute atomic E-state index is 13.0. The molecule has 2 amide bonds. The summed E-state index contributed by atoms with van der Waals surface area (Å²) in [6.45, 7) is 0.974. The Balaban J connectivity index is 1.26. The Morgan fingerprint density at radius 3 is 2.41 bits per heavy atom.